The second-order valence-electron chi connectivity index (χ2n) is 10.1. The van der Waals surface area contributed by atoms with Gasteiger partial charge in [-0.3, -0.25) is 9.78 Å². The van der Waals surface area contributed by atoms with Crippen LogP contribution in [0.2, 0.25) is 0 Å². The first kappa shape index (κ1) is 28.6. The van der Waals surface area contributed by atoms with Gasteiger partial charge in [0.15, 0.2) is 11.5 Å². The van der Waals surface area contributed by atoms with Gasteiger partial charge in [-0.1, -0.05) is 19.1 Å². The van der Waals surface area contributed by atoms with Crippen molar-refractivity contribution in [2.24, 2.45) is 5.73 Å². The molecule has 0 spiro atoms. The molecule has 1 unspecified atom stereocenters. The topological polar surface area (TPSA) is 102 Å². The molecule has 0 bridgehead atoms. The van der Waals surface area contributed by atoms with Gasteiger partial charge >= 0.3 is 0 Å². The second-order valence-corrected chi connectivity index (χ2v) is 10.1. The number of benzene rings is 2. The number of nitrogens with zero attached hydrogens (tertiary/aromatic N) is 2. The molecule has 0 radical (unpaired) electrons. The molecule has 1 aliphatic heterocycles. The maximum absolute atomic E-state index is 12.0. The summed E-state index contributed by atoms with van der Waals surface area (Å²) in [6.45, 7) is 10.1. The van der Waals surface area contributed by atoms with Crippen LogP contribution in [0, 0.1) is 0 Å². The Hall–Kier alpha value is -3.36. The number of carbonyl (C=O) groups excluding carboxylic acids is 1. The van der Waals surface area contributed by atoms with E-state index < -0.39 is 5.91 Å². The van der Waals surface area contributed by atoms with Crippen LogP contribution in [0.1, 0.15) is 56.7 Å². The molecule has 8 heteroatoms. The monoisotopic (exact) mass is 533 g/mol. The Morgan fingerprint density at radius 3 is 2.56 bits per heavy atom. The van der Waals surface area contributed by atoms with Gasteiger partial charge in [-0.2, -0.15) is 0 Å². The summed E-state index contributed by atoms with van der Waals surface area (Å²) >= 11 is 0. The highest BCUT2D eigenvalue weighted by Gasteiger charge is 2.20. The Morgan fingerprint density at radius 2 is 1.90 bits per heavy atom. The van der Waals surface area contributed by atoms with Crippen LogP contribution in [0.4, 0.5) is 11.4 Å². The first-order valence-corrected chi connectivity index (χ1v) is 14.2. The third-order valence-electron chi connectivity index (χ3n) is 7.50. The average molecular weight is 534 g/mol. The van der Waals surface area contributed by atoms with Crippen LogP contribution < -0.4 is 25.8 Å². The van der Waals surface area contributed by atoms with Crippen molar-refractivity contribution < 1.29 is 14.3 Å². The van der Waals surface area contributed by atoms with Crippen LogP contribution in [-0.2, 0) is 24.2 Å². The number of carbonyl (C=O) groups is 1. The number of amides is 1. The number of rotatable bonds is 14. The first-order chi connectivity index (χ1) is 18.9. The molecule has 0 saturated carbocycles. The minimum absolute atomic E-state index is 0.0841. The molecule has 1 amide bonds. The number of anilines is 2. The SMILES string of the molecule is CCOc1cc2ncc(CC(N)=O)c(Nc3cccc(CNCCC4CCCN4C)c3CC)c2cc1OCC. The number of hydrogen-bond donors (Lipinski definition) is 3. The molecule has 1 aliphatic rings. The summed E-state index contributed by atoms with van der Waals surface area (Å²) in [6.07, 6.45) is 6.45. The van der Waals surface area contributed by atoms with Gasteiger partial charge < -0.3 is 30.7 Å². The molecule has 8 nitrogen and oxygen atoms in total. The smallest absolute Gasteiger partial charge is 0.221 e. The highest BCUT2D eigenvalue weighted by molar-refractivity contribution is 5.98. The molecular formula is C31H43N5O3. The van der Waals surface area contributed by atoms with Crippen molar-refractivity contribution in [3.05, 3.63) is 53.2 Å². The minimum Gasteiger partial charge on any atom is -0.490 e. The summed E-state index contributed by atoms with van der Waals surface area (Å²) in [5, 5.41) is 8.18. The number of aromatic nitrogens is 1. The van der Waals surface area contributed by atoms with E-state index in [9.17, 15) is 4.79 Å². The molecule has 1 aromatic heterocycles. The van der Waals surface area contributed by atoms with E-state index in [1.54, 1.807) is 6.20 Å². The molecule has 210 valence electrons. The quantitative estimate of drug-likeness (QED) is 0.252. The lowest BCUT2D eigenvalue weighted by atomic mass is 10.0. The van der Waals surface area contributed by atoms with E-state index in [2.05, 4.69) is 52.7 Å². The molecule has 0 aliphatic carbocycles. The van der Waals surface area contributed by atoms with Gasteiger partial charge in [-0.25, -0.2) is 0 Å². The summed E-state index contributed by atoms with van der Waals surface area (Å²) < 4.78 is 11.7. The number of hydrogen-bond acceptors (Lipinski definition) is 7. The fourth-order valence-electron chi connectivity index (χ4n) is 5.55. The molecule has 4 N–H and O–H groups in total. The average Bonchev–Trinajstić information content (AvgIpc) is 3.33. The van der Waals surface area contributed by atoms with Crippen LogP contribution in [-0.4, -0.2) is 55.2 Å². The van der Waals surface area contributed by atoms with Crippen LogP contribution in [0.25, 0.3) is 10.9 Å². The van der Waals surface area contributed by atoms with E-state index in [0.29, 0.717) is 30.8 Å². The maximum Gasteiger partial charge on any atom is 0.221 e. The number of nitrogens with one attached hydrogen (secondary N) is 2. The normalized spacial score (nSPS) is 15.5. The van der Waals surface area contributed by atoms with Gasteiger partial charge in [0.1, 0.15) is 0 Å². The second kappa shape index (κ2) is 13.6. The first-order valence-electron chi connectivity index (χ1n) is 14.2. The zero-order chi connectivity index (χ0) is 27.8. The van der Waals surface area contributed by atoms with Crippen molar-refractivity contribution in [1.82, 2.24) is 15.2 Å². The number of pyridine rings is 1. The molecule has 39 heavy (non-hydrogen) atoms. The number of fused-ring (bicyclic) bond motifs is 1. The zero-order valence-electron chi connectivity index (χ0n) is 23.8. The maximum atomic E-state index is 12.0. The summed E-state index contributed by atoms with van der Waals surface area (Å²) in [7, 11) is 2.23. The lowest BCUT2D eigenvalue weighted by Gasteiger charge is -2.21. The summed E-state index contributed by atoms with van der Waals surface area (Å²) in [5.41, 5.74) is 11.5. The Bertz CT molecular complexity index is 1280. The molecule has 4 rings (SSSR count). The lowest BCUT2D eigenvalue weighted by Crippen LogP contribution is -2.29. The van der Waals surface area contributed by atoms with Crippen molar-refractivity contribution in [3.63, 3.8) is 0 Å². The fourth-order valence-corrected chi connectivity index (χ4v) is 5.55. The Labute approximate surface area is 232 Å². The standard InChI is InChI=1S/C31H43N5O3/c1-5-24-21(19-33-14-13-23-11-9-15-36(23)4)10-8-12-26(24)35-31-22(16-30(32)37)20-34-27-18-29(39-7-3)28(38-6-2)17-25(27)31/h8,10,12,17-18,20,23,33H,5-7,9,11,13-16,19H2,1-4H3,(H2,32,37)(H,34,35). The van der Waals surface area contributed by atoms with Gasteiger partial charge in [-0.15, -0.1) is 0 Å². The number of likely N-dealkylation sites (tertiary alicyclic amines) is 1. The van der Waals surface area contributed by atoms with Crippen molar-refractivity contribution >= 4 is 28.2 Å². The van der Waals surface area contributed by atoms with Gasteiger partial charge in [0.25, 0.3) is 0 Å². The van der Waals surface area contributed by atoms with Crippen LogP contribution in [0.3, 0.4) is 0 Å². The number of primary amides is 1. The van der Waals surface area contributed by atoms with Gasteiger partial charge in [0.05, 0.1) is 30.8 Å². The number of ether oxygens (including phenoxy) is 2. The zero-order valence-corrected chi connectivity index (χ0v) is 23.8. The third kappa shape index (κ3) is 6.99. The molecular weight excluding hydrogens is 490 g/mol. The van der Waals surface area contributed by atoms with E-state index in [1.807, 2.05) is 26.0 Å². The van der Waals surface area contributed by atoms with Gasteiger partial charge in [0, 0.05) is 41.5 Å². The lowest BCUT2D eigenvalue weighted by molar-refractivity contribution is -0.117. The molecule has 1 fully saturated rings. The molecule has 3 aromatic rings. The largest absolute Gasteiger partial charge is 0.490 e. The van der Waals surface area contributed by atoms with Gasteiger partial charge in [0.2, 0.25) is 5.91 Å². The number of nitrogens with two attached hydrogens (primary N) is 1. The van der Waals surface area contributed by atoms with E-state index in [1.165, 1.54) is 36.9 Å². The molecule has 1 atom stereocenters. The van der Waals surface area contributed by atoms with Crippen molar-refractivity contribution in [2.45, 2.75) is 65.5 Å². The van der Waals surface area contributed by atoms with E-state index in [-0.39, 0.29) is 6.42 Å². The third-order valence-corrected chi connectivity index (χ3v) is 7.50. The van der Waals surface area contributed by atoms with Crippen LogP contribution in [0.5, 0.6) is 11.5 Å². The molecule has 1 saturated heterocycles. The predicted octanol–water partition coefficient (Wildman–Crippen LogP) is 4.94. The molecule has 2 aromatic carbocycles. The van der Waals surface area contributed by atoms with Crippen LogP contribution in [0.15, 0.2) is 36.5 Å². The van der Waals surface area contributed by atoms with E-state index in [4.69, 9.17) is 15.2 Å². The Kier molecular flexibility index (Phi) is 10.0. The highest BCUT2D eigenvalue weighted by Crippen LogP contribution is 2.38. The van der Waals surface area contributed by atoms with Crippen molar-refractivity contribution in [1.29, 1.82) is 0 Å². The van der Waals surface area contributed by atoms with E-state index >= 15 is 0 Å². The van der Waals surface area contributed by atoms with Crippen molar-refractivity contribution in [2.75, 3.05) is 38.7 Å². The highest BCUT2D eigenvalue weighted by atomic mass is 16.5. The van der Waals surface area contributed by atoms with E-state index in [0.717, 1.165) is 47.4 Å². The van der Waals surface area contributed by atoms with Crippen molar-refractivity contribution in [3.8, 4) is 11.5 Å². The Balaban J connectivity index is 1.65. The summed E-state index contributed by atoms with van der Waals surface area (Å²) in [5.74, 6) is 0.894. The Morgan fingerprint density at radius 1 is 1.13 bits per heavy atom. The summed E-state index contributed by atoms with van der Waals surface area (Å²) in [6, 6.07) is 10.9. The van der Waals surface area contributed by atoms with Gasteiger partial charge in [-0.05, 0) is 82.9 Å². The van der Waals surface area contributed by atoms with Crippen LogP contribution >= 0.6 is 0 Å². The predicted molar refractivity (Wildman–Crippen MR) is 158 cm³/mol. The summed E-state index contributed by atoms with van der Waals surface area (Å²) in [4.78, 5) is 19.1. The molecule has 2 heterocycles. The minimum atomic E-state index is -0.406. The fraction of sp³-hybridized carbons (Fsp3) is 0.484.